The molecular formula is C24H26N4O4. The highest BCUT2D eigenvalue weighted by molar-refractivity contribution is 5.94. The highest BCUT2D eigenvalue weighted by Gasteiger charge is 2.28. The predicted octanol–water partition coefficient (Wildman–Crippen LogP) is 3.67. The van der Waals surface area contributed by atoms with Gasteiger partial charge in [0.1, 0.15) is 0 Å². The summed E-state index contributed by atoms with van der Waals surface area (Å²) in [6.07, 6.45) is 1.40. The zero-order valence-corrected chi connectivity index (χ0v) is 18.2. The minimum absolute atomic E-state index is 0.0231. The van der Waals surface area contributed by atoms with Crippen LogP contribution in [0.5, 0.6) is 5.88 Å². The molecule has 3 aromatic rings. The van der Waals surface area contributed by atoms with Gasteiger partial charge in [0, 0.05) is 24.7 Å². The van der Waals surface area contributed by atoms with E-state index in [0.29, 0.717) is 55.5 Å². The number of benzene rings is 2. The van der Waals surface area contributed by atoms with Crippen LogP contribution in [0.15, 0.2) is 48.5 Å². The molecule has 1 saturated heterocycles. The quantitative estimate of drug-likeness (QED) is 0.592. The zero-order valence-electron chi connectivity index (χ0n) is 18.2. The Morgan fingerprint density at radius 2 is 1.69 bits per heavy atom. The number of nitrogens with one attached hydrogen (secondary N) is 1. The molecule has 1 aliphatic heterocycles. The number of para-hydroxylation sites is 2. The predicted molar refractivity (Wildman–Crippen MR) is 122 cm³/mol. The molecule has 0 atom stereocenters. The number of esters is 1. The lowest BCUT2D eigenvalue weighted by Crippen LogP contribution is -2.38. The lowest BCUT2D eigenvalue weighted by Gasteiger charge is -2.32. The summed E-state index contributed by atoms with van der Waals surface area (Å²) in [5.74, 6) is 0.707. The molecule has 0 unspecified atom stereocenters. The van der Waals surface area contributed by atoms with Crippen molar-refractivity contribution in [3.8, 4) is 5.88 Å². The standard InChI is InChI=1S/C24H26N4O4/c1-3-32-24(30)17-8-10-18(11-9-17)25-22(29)16-12-14-28(15-13-16)21-23(31-2)27-20-7-5-4-6-19(20)26-21/h4-11,16H,3,12-15H2,1-2H3,(H,25,29). The summed E-state index contributed by atoms with van der Waals surface area (Å²) in [6.45, 7) is 3.46. The van der Waals surface area contributed by atoms with Crippen molar-refractivity contribution in [3.05, 3.63) is 54.1 Å². The highest BCUT2D eigenvalue weighted by Crippen LogP contribution is 2.30. The minimum Gasteiger partial charge on any atom is -0.478 e. The number of fused-ring (bicyclic) bond motifs is 1. The van der Waals surface area contributed by atoms with Gasteiger partial charge in [-0.3, -0.25) is 4.79 Å². The Hall–Kier alpha value is -3.68. The first-order chi connectivity index (χ1) is 15.6. The average Bonchev–Trinajstić information content (AvgIpc) is 2.84. The van der Waals surface area contributed by atoms with E-state index in [0.717, 1.165) is 11.0 Å². The van der Waals surface area contributed by atoms with Crippen molar-refractivity contribution < 1.29 is 19.1 Å². The van der Waals surface area contributed by atoms with E-state index in [9.17, 15) is 9.59 Å². The number of methoxy groups -OCH3 is 1. The van der Waals surface area contributed by atoms with Crippen molar-refractivity contribution in [2.75, 3.05) is 37.0 Å². The molecule has 1 aliphatic rings. The largest absolute Gasteiger partial charge is 0.478 e. The third kappa shape index (κ3) is 4.64. The van der Waals surface area contributed by atoms with E-state index in [2.05, 4.69) is 15.2 Å². The number of carbonyl (C=O) groups excluding carboxylic acids is 2. The topological polar surface area (TPSA) is 93.7 Å². The lowest BCUT2D eigenvalue weighted by atomic mass is 9.95. The molecule has 0 bridgehead atoms. The number of aromatic nitrogens is 2. The van der Waals surface area contributed by atoms with Crippen molar-refractivity contribution >= 4 is 34.4 Å². The Morgan fingerprint density at radius 1 is 1.03 bits per heavy atom. The van der Waals surface area contributed by atoms with Gasteiger partial charge >= 0.3 is 5.97 Å². The summed E-state index contributed by atoms with van der Waals surface area (Å²) in [6, 6.07) is 14.4. The van der Waals surface area contributed by atoms with Gasteiger partial charge in [0.05, 0.1) is 30.3 Å². The van der Waals surface area contributed by atoms with Crippen LogP contribution >= 0.6 is 0 Å². The van der Waals surface area contributed by atoms with Gasteiger partial charge in [-0.2, -0.15) is 0 Å². The Kier molecular flexibility index (Phi) is 6.49. The van der Waals surface area contributed by atoms with Crippen LogP contribution in [0, 0.1) is 5.92 Å². The lowest BCUT2D eigenvalue weighted by molar-refractivity contribution is -0.120. The Labute approximate surface area is 186 Å². The van der Waals surface area contributed by atoms with Crippen LogP contribution in [0.2, 0.25) is 0 Å². The van der Waals surface area contributed by atoms with Crippen LogP contribution in [-0.4, -0.2) is 48.7 Å². The van der Waals surface area contributed by atoms with Crippen molar-refractivity contribution in [1.29, 1.82) is 0 Å². The van der Waals surface area contributed by atoms with Crippen LogP contribution in [-0.2, 0) is 9.53 Å². The number of hydrogen-bond donors (Lipinski definition) is 1. The maximum Gasteiger partial charge on any atom is 0.338 e. The normalized spacial score (nSPS) is 14.2. The van der Waals surface area contributed by atoms with Gasteiger partial charge in [-0.05, 0) is 56.2 Å². The van der Waals surface area contributed by atoms with E-state index in [1.165, 1.54) is 0 Å². The summed E-state index contributed by atoms with van der Waals surface area (Å²) in [7, 11) is 1.59. The van der Waals surface area contributed by atoms with Gasteiger partial charge in [0.2, 0.25) is 5.91 Å². The third-order valence-electron chi connectivity index (χ3n) is 5.54. The molecule has 0 spiro atoms. The number of amides is 1. The van der Waals surface area contributed by atoms with E-state index in [1.54, 1.807) is 38.3 Å². The first-order valence-corrected chi connectivity index (χ1v) is 10.7. The van der Waals surface area contributed by atoms with Gasteiger partial charge in [-0.1, -0.05) is 12.1 Å². The molecule has 1 fully saturated rings. The molecule has 1 N–H and O–H groups in total. The van der Waals surface area contributed by atoms with Crippen molar-refractivity contribution in [2.45, 2.75) is 19.8 Å². The second-order valence-electron chi connectivity index (χ2n) is 7.59. The number of hydrogen-bond acceptors (Lipinski definition) is 7. The van der Waals surface area contributed by atoms with E-state index in [4.69, 9.17) is 14.5 Å². The Morgan fingerprint density at radius 3 is 2.31 bits per heavy atom. The van der Waals surface area contributed by atoms with Crippen molar-refractivity contribution in [1.82, 2.24) is 9.97 Å². The van der Waals surface area contributed by atoms with Crippen LogP contribution in [0.25, 0.3) is 11.0 Å². The molecule has 0 saturated carbocycles. The summed E-state index contributed by atoms with van der Waals surface area (Å²) >= 11 is 0. The maximum absolute atomic E-state index is 12.8. The number of rotatable bonds is 6. The Bertz CT molecular complexity index is 1110. The summed E-state index contributed by atoms with van der Waals surface area (Å²) in [5.41, 5.74) is 2.72. The smallest absolute Gasteiger partial charge is 0.338 e. The molecule has 166 valence electrons. The fraction of sp³-hybridized carbons (Fsp3) is 0.333. The molecule has 0 radical (unpaired) electrons. The second-order valence-corrected chi connectivity index (χ2v) is 7.59. The van der Waals surface area contributed by atoms with Crippen molar-refractivity contribution in [2.24, 2.45) is 5.92 Å². The van der Waals surface area contributed by atoms with Gasteiger partial charge in [0.15, 0.2) is 5.82 Å². The van der Waals surface area contributed by atoms with E-state index in [1.807, 2.05) is 24.3 Å². The molecular weight excluding hydrogens is 408 g/mol. The molecule has 2 heterocycles. The van der Waals surface area contributed by atoms with Gasteiger partial charge in [0.25, 0.3) is 5.88 Å². The minimum atomic E-state index is -0.370. The van der Waals surface area contributed by atoms with Crippen LogP contribution in [0.1, 0.15) is 30.1 Å². The SMILES string of the molecule is CCOC(=O)c1ccc(NC(=O)C2CCN(c3nc4ccccc4nc3OC)CC2)cc1. The number of ether oxygens (including phenoxy) is 2. The van der Waals surface area contributed by atoms with Crippen LogP contribution in [0.3, 0.4) is 0 Å². The third-order valence-corrected chi connectivity index (χ3v) is 5.54. The highest BCUT2D eigenvalue weighted by atomic mass is 16.5. The maximum atomic E-state index is 12.8. The van der Waals surface area contributed by atoms with E-state index in [-0.39, 0.29) is 17.8 Å². The molecule has 4 rings (SSSR count). The number of carbonyl (C=O) groups is 2. The monoisotopic (exact) mass is 434 g/mol. The fourth-order valence-electron chi connectivity index (χ4n) is 3.82. The zero-order chi connectivity index (χ0) is 22.5. The van der Waals surface area contributed by atoms with Crippen molar-refractivity contribution in [3.63, 3.8) is 0 Å². The van der Waals surface area contributed by atoms with Gasteiger partial charge < -0.3 is 19.7 Å². The van der Waals surface area contributed by atoms with Crippen LogP contribution < -0.4 is 15.0 Å². The van der Waals surface area contributed by atoms with E-state index >= 15 is 0 Å². The second kappa shape index (κ2) is 9.64. The first-order valence-electron chi connectivity index (χ1n) is 10.7. The summed E-state index contributed by atoms with van der Waals surface area (Å²) in [5, 5.41) is 2.95. The van der Waals surface area contributed by atoms with Crippen LogP contribution in [0.4, 0.5) is 11.5 Å². The molecule has 0 aliphatic carbocycles. The van der Waals surface area contributed by atoms with Gasteiger partial charge in [-0.25, -0.2) is 14.8 Å². The summed E-state index contributed by atoms with van der Waals surface area (Å²) in [4.78, 5) is 36.0. The average molecular weight is 434 g/mol. The molecule has 1 aromatic heterocycles. The molecule has 1 amide bonds. The first kappa shape index (κ1) is 21.5. The fourth-order valence-corrected chi connectivity index (χ4v) is 3.82. The summed E-state index contributed by atoms with van der Waals surface area (Å²) < 4.78 is 10.5. The number of nitrogens with zero attached hydrogens (tertiary/aromatic N) is 3. The molecule has 32 heavy (non-hydrogen) atoms. The van der Waals surface area contributed by atoms with E-state index < -0.39 is 0 Å². The number of anilines is 2. The molecule has 8 heteroatoms. The van der Waals surface area contributed by atoms with Gasteiger partial charge in [-0.15, -0.1) is 0 Å². The number of piperidine rings is 1. The molecule has 8 nitrogen and oxygen atoms in total. The Balaban J connectivity index is 1.38. The molecule has 2 aromatic carbocycles.